The van der Waals surface area contributed by atoms with E-state index in [0.29, 0.717) is 19.4 Å². The Bertz CT molecular complexity index is 1260. The number of carbonyl (C=O) groups excluding carboxylic acids is 3. The number of nitrogens with one attached hydrogen (secondary N) is 2. The fraction of sp³-hybridized carbons (Fsp3) is 0.531. The Balaban J connectivity index is 1.33. The number of nitrogens with zero attached hydrogens (tertiary/aromatic N) is 1. The number of rotatable bonds is 9. The molecule has 0 radical (unpaired) electrons. The van der Waals surface area contributed by atoms with E-state index in [0.717, 1.165) is 43.2 Å². The van der Waals surface area contributed by atoms with Crippen LogP contribution in [-0.2, 0) is 32.1 Å². The number of hydrogen-bond acceptors (Lipinski definition) is 5. The molecule has 1 aliphatic carbocycles. The van der Waals surface area contributed by atoms with E-state index in [-0.39, 0.29) is 35.2 Å². The second kappa shape index (κ2) is 11.9. The summed E-state index contributed by atoms with van der Waals surface area (Å²) in [7, 11) is 0. The largest absolute Gasteiger partial charge is 0.394 e. The van der Waals surface area contributed by atoms with Gasteiger partial charge in [0.2, 0.25) is 17.7 Å². The molecule has 2 aromatic rings. The summed E-state index contributed by atoms with van der Waals surface area (Å²) in [5.41, 5.74) is 0.775. The molecule has 41 heavy (non-hydrogen) atoms. The van der Waals surface area contributed by atoms with Gasteiger partial charge in [-0.15, -0.1) is 0 Å². The molecule has 0 aromatic heterocycles. The number of carbonyl (C=O) groups is 3. The van der Waals surface area contributed by atoms with Gasteiger partial charge in [0.05, 0.1) is 30.6 Å². The zero-order chi connectivity index (χ0) is 28.6. The minimum Gasteiger partial charge on any atom is -0.394 e. The summed E-state index contributed by atoms with van der Waals surface area (Å²) in [6.45, 7) is 0.0367. The fourth-order valence-corrected chi connectivity index (χ4v) is 8.57. The number of aliphatic hydroxyl groups is 1. The molecule has 1 saturated carbocycles. The molecule has 3 aliphatic heterocycles. The lowest BCUT2D eigenvalue weighted by Crippen LogP contribution is -2.60. The predicted molar refractivity (Wildman–Crippen MR) is 157 cm³/mol. The second-order valence-corrected chi connectivity index (χ2v) is 13.2. The number of ether oxygens (including phenoxy) is 1. The van der Waals surface area contributed by atoms with Crippen LogP contribution in [0.15, 0.2) is 60.7 Å². The number of halogens is 1. The van der Waals surface area contributed by atoms with Crippen LogP contribution in [-0.4, -0.2) is 69.0 Å². The highest BCUT2D eigenvalue weighted by molar-refractivity contribution is 9.09. The van der Waals surface area contributed by atoms with Crippen molar-refractivity contribution in [1.29, 1.82) is 0 Å². The molecule has 3 unspecified atom stereocenters. The average Bonchev–Trinajstić information content (AvgIpc) is 3.59. The summed E-state index contributed by atoms with van der Waals surface area (Å²) < 4.78 is 6.64. The van der Waals surface area contributed by atoms with Gasteiger partial charge in [0.15, 0.2) is 0 Å². The quantitative estimate of drug-likeness (QED) is 0.372. The number of amides is 3. The van der Waals surface area contributed by atoms with E-state index in [2.05, 4.69) is 26.6 Å². The third kappa shape index (κ3) is 5.21. The van der Waals surface area contributed by atoms with Gasteiger partial charge in [0, 0.05) is 17.4 Å². The van der Waals surface area contributed by atoms with E-state index < -0.39 is 35.6 Å². The molecular formula is C32H38BrN3O5. The molecule has 6 rings (SSSR count). The van der Waals surface area contributed by atoms with Gasteiger partial charge in [0.1, 0.15) is 11.6 Å². The Kier molecular flexibility index (Phi) is 8.21. The van der Waals surface area contributed by atoms with Gasteiger partial charge in [-0.05, 0) is 36.8 Å². The zero-order valence-electron chi connectivity index (χ0n) is 23.1. The monoisotopic (exact) mass is 623 g/mol. The second-order valence-electron chi connectivity index (χ2n) is 12.0. The number of aliphatic hydroxyl groups excluding tert-OH is 1. The first kappa shape index (κ1) is 28.4. The summed E-state index contributed by atoms with van der Waals surface area (Å²) in [5, 5.41) is 16.9. The molecule has 7 atom stereocenters. The summed E-state index contributed by atoms with van der Waals surface area (Å²) in [6.07, 6.45) is 5.41. The molecule has 8 nitrogen and oxygen atoms in total. The third-order valence-corrected chi connectivity index (χ3v) is 10.3. The normalized spacial score (nSPS) is 31.6. The van der Waals surface area contributed by atoms with Crippen molar-refractivity contribution in [2.75, 3.05) is 6.61 Å². The molecule has 9 heteroatoms. The maximum atomic E-state index is 14.4. The lowest BCUT2D eigenvalue weighted by atomic mass is 9.70. The van der Waals surface area contributed by atoms with Gasteiger partial charge in [-0.2, -0.15) is 0 Å². The van der Waals surface area contributed by atoms with Crippen molar-refractivity contribution in [1.82, 2.24) is 15.5 Å². The SMILES string of the molecule is O=C(NC1CCCCC1)C1N([C@@H](CO)Cc2ccccc2)C(=O)[C@@H]2[C@@H](C(=O)NCc3ccccc3)[C@@H]3OC12CC3Br. The van der Waals surface area contributed by atoms with Gasteiger partial charge in [-0.3, -0.25) is 14.4 Å². The molecular weight excluding hydrogens is 586 g/mol. The summed E-state index contributed by atoms with van der Waals surface area (Å²) in [5.74, 6) is -2.32. The molecule has 4 fully saturated rings. The maximum Gasteiger partial charge on any atom is 0.246 e. The van der Waals surface area contributed by atoms with E-state index in [9.17, 15) is 19.5 Å². The lowest BCUT2D eigenvalue weighted by molar-refractivity contribution is -0.146. The highest BCUT2D eigenvalue weighted by Crippen LogP contribution is 2.60. The van der Waals surface area contributed by atoms with Crippen LogP contribution in [0.25, 0.3) is 0 Å². The van der Waals surface area contributed by atoms with Crippen LogP contribution in [0.2, 0.25) is 0 Å². The highest BCUT2D eigenvalue weighted by Gasteiger charge is 2.77. The van der Waals surface area contributed by atoms with E-state index in [1.807, 2.05) is 60.7 Å². The number of alkyl halides is 1. The number of fused-ring (bicyclic) bond motifs is 1. The number of benzene rings is 2. The van der Waals surface area contributed by atoms with Crippen molar-refractivity contribution >= 4 is 33.7 Å². The molecule has 3 N–H and O–H groups in total. The van der Waals surface area contributed by atoms with Crippen LogP contribution in [0.3, 0.4) is 0 Å². The molecule has 218 valence electrons. The molecule has 3 saturated heterocycles. The Morgan fingerprint density at radius 3 is 2.32 bits per heavy atom. The van der Waals surface area contributed by atoms with E-state index in [4.69, 9.17) is 4.74 Å². The minimum absolute atomic E-state index is 0.0497. The lowest BCUT2D eigenvalue weighted by Gasteiger charge is -2.38. The van der Waals surface area contributed by atoms with Crippen LogP contribution < -0.4 is 10.6 Å². The summed E-state index contributed by atoms with van der Waals surface area (Å²) in [6, 6.07) is 17.8. The van der Waals surface area contributed by atoms with Gasteiger partial charge in [-0.25, -0.2) is 0 Å². The van der Waals surface area contributed by atoms with E-state index >= 15 is 0 Å². The van der Waals surface area contributed by atoms with Gasteiger partial charge in [-0.1, -0.05) is 95.9 Å². The Morgan fingerprint density at radius 1 is 1.00 bits per heavy atom. The summed E-state index contributed by atoms with van der Waals surface area (Å²) in [4.78, 5) is 43.7. The minimum atomic E-state index is -1.15. The Hall–Kier alpha value is -2.75. The van der Waals surface area contributed by atoms with Crippen LogP contribution in [0.4, 0.5) is 0 Å². The zero-order valence-corrected chi connectivity index (χ0v) is 24.7. The van der Waals surface area contributed by atoms with E-state index in [1.54, 1.807) is 4.90 Å². The maximum absolute atomic E-state index is 14.4. The van der Waals surface area contributed by atoms with Crippen molar-refractivity contribution in [3.05, 3.63) is 71.8 Å². The van der Waals surface area contributed by atoms with Crippen molar-refractivity contribution in [2.24, 2.45) is 11.8 Å². The first-order valence-electron chi connectivity index (χ1n) is 14.8. The molecule has 1 spiro atoms. The van der Waals surface area contributed by atoms with Gasteiger partial charge < -0.3 is 25.4 Å². The van der Waals surface area contributed by atoms with E-state index in [1.165, 1.54) is 0 Å². The highest BCUT2D eigenvalue weighted by atomic mass is 79.9. The predicted octanol–water partition coefficient (Wildman–Crippen LogP) is 3.10. The van der Waals surface area contributed by atoms with Crippen molar-refractivity contribution < 1.29 is 24.2 Å². The van der Waals surface area contributed by atoms with Crippen LogP contribution in [0, 0.1) is 11.8 Å². The smallest absolute Gasteiger partial charge is 0.246 e. The molecule has 2 bridgehead atoms. The van der Waals surface area contributed by atoms with Crippen molar-refractivity contribution in [3.8, 4) is 0 Å². The number of hydrogen-bond donors (Lipinski definition) is 3. The first-order chi connectivity index (χ1) is 19.9. The molecule has 2 aromatic carbocycles. The van der Waals surface area contributed by atoms with Crippen molar-refractivity contribution in [2.45, 2.75) is 86.1 Å². The van der Waals surface area contributed by atoms with Crippen molar-refractivity contribution in [3.63, 3.8) is 0 Å². The van der Waals surface area contributed by atoms with Crippen LogP contribution >= 0.6 is 15.9 Å². The Labute approximate surface area is 249 Å². The molecule has 3 amide bonds. The first-order valence-corrected chi connectivity index (χ1v) is 15.8. The number of likely N-dealkylation sites (tertiary alicyclic amines) is 1. The van der Waals surface area contributed by atoms with Crippen LogP contribution in [0.1, 0.15) is 49.7 Å². The van der Waals surface area contributed by atoms with Gasteiger partial charge in [0.25, 0.3) is 0 Å². The van der Waals surface area contributed by atoms with Crippen LogP contribution in [0.5, 0.6) is 0 Å². The fourth-order valence-electron chi connectivity index (χ4n) is 7.63. The molecule has 3 heterocycles. The topological polar surface area (TPSA) is 108 Å². The van der Waals surface area contributed by atoms with Gasteiger partial charge >= 0.3 is 0 Å². The Morgan fingerprint density at radius 2 is 1.66 bits per heavy atom. The summed E-state index contributed by atoms with van der Waals surface area (Å²) >= 11 is 3.74. The standard InChI is InChI=1S/C32H38BrN3O5/c33-24-17-32-26(25(27(24)41-32)29(38)34-18-21-12-6-2-7-13-21)31(40)36(23(19-37)16-20-10-4-1-5-11-20)28(32)30(39)35-22-14-8-3-9-15-22/h1-2,4-7,10-13,22-28,37H,3,8-9,14-19H2,(H,34,38)(H,35,39)/t23-,24?,25-,26+,27-,28?,32?/m1/s1. The molecule has 4 aliphatic rings. The average molecular weight is 625 g/mol. The third-order valence-electron chi connectivity index (χ3n) is 9.46.